The Labute approximate surface area is 144 Å². The van der Waals surface area contributed by atoms with Crippen LogP contribution in [0.3, 0.4) is 0 Å². The highest BCUT2D eigenvalue weighted by Gasteiger charge is 2.18. The zero-order valence-corrected chi connectivity index (χ0v) is 14.5. The lowest BCUT2D eigenvalue weighted by Gasteiger charge is -2.14. The van der Waals surface area contributed by atoms with Crippen LogP contribution in [0.4, 0.5) is 0 Å². The number of amides is 1. The molecule has 7 nitrogen and oxygen atoms in total. The molecule has 0 saturated heterocycles. The molecule has 0 radical (unpaired) electrons. The van der Waals surface area contributed by atoms with Crippen LogP contribution in [0.1, 0.15) is 34.6 Å². The van der Waals surface area contributed by atoms with Gasteiger partial charge in [-0.2, -0.15) is 5.10 Å². The highest BCUT2D eigenvalue weighted by molar-refractivity contribution is 6.05. The highest BCUT2D eigenvalue weighted by Crippen LogP contribution is 2.23. The zero-order chi connectivity index (χ0) is 18.1. The van der Waals surface area contributed by atoms with E-state index >= 15 is 0 Å². The van der Waals surface area contributed by atoms with Crippen molar-refractivity contribution in [3.63, 3.8) is 0 Å². The lowest BCUT2D eigenvalue weighted by Crippen LogP contribution is -2.28. The van der Waals surface area contributed by atoms with Crippen molar-refractivity contribution < 1.29 is 13.9 Å². The minimum absolute atomic E-state index is 0.248. The standard InChI is InChI=1S/C18H19N3O4/c1-10(15-9-19-21(3)11(15)2)20-18(23)14-8-17(22)25-16-7-12(24-4)5-6-13(14)16/h5-10H,1-4H3,(H,20,23). The quantitative estimate of drug-likeness (QED) is 0.736. The Morgan fingerprint density at radius 2 is 2.12 bits per heavy atom. The molecule has 0 spiro atoms. The van der Waals surface area contributed by atoms with Crippen molar-refractivity contribution in [1.82, 2.24) is 15.1 Å². The smallest absolute Gasteiger partial charge is 0.337 e. The number of hydrogen-bond acceptors (Lipinski definition) is 5. The summed E-state index contributed by atoms with van der Waals surface area (Å²) in [6.07, 6.45) is 1.72. The third-order valence-corrected chi connectivity index (χ3v) is 4.28. The molecule has 25 heavy (non-hydrogen) atoms. The average molecular weight is 341 g/mol. The van der Waals surface area contributed by atoms with E-state index in [4.69, 9.17) is 9.15 Å². The van der Waals surface area contributed by atoms with Crippen molar-refractivity contribution in [1.29, 1.82) is 0 Å². The predicted molar refractivity (Wildman–Crippen MR) is 92.9 cm³/mol. The van der Waals surface area contributed by atoms with Gasteiger partial charge in [0.15, 0.2) is 0 Å². The first kappa shape index (κ1) is 16.8. The van der Waals surface area contributed by atoms with Gasteiger partial charge in [-0.1, -0.05) is 0 Å². The van der Waals surface area contributed by atoms with E-state index in [0.717, 1.165) is 11.3 Å². The Balaban J connectivity index is 1.96. The number of rotatable bonds is 4. The van der Waals surface area contributed by atoms with Crippen molar-refractivity contribution in [3.05, 3.63) is 57.7 Å². The molecule has 0 fully saturated rings. The zero-order valence-electron chi connectivity index (χ0n) is 14.5. The van der Waals surface area contributed by atoms with Crippen LogP contribution in [-0.2, 0) is 7.05 Å². The maximum Gasteiger partial charge on any atom is 0.337 e. The predicted octanol–water partition coefficient (Wildman–Crippen LogP) is 2.33. The fourth-order valence-corrected chi connectivity index (χ4v) is 2.75. The highest BCUT2D eigenvalue weighted by atomic mass is 16.5. The van der Waals surface area contributed by atoms with Gasteiger partial charge in [-0.05, 0) is 26.0 Å². The lowest BCUT2D eigenvalue weighted by molar-refractivity contribution is 0.0941. The third kappa shape index (κ3) is 3.13. The molecule has 3 rings (SSSR count). The number of nitrogens with zero attached hydrogens (tertiary/aromatic N) is 2. The van der Waals surface area contributed by atoms with Crippen LogP contribution in [0.25, 0.3) is 11.0 Å². The number of carbonyl (C=O) groups excluding carboxylic acids is 1. The molecule has 0 aliphatic heterocycles. The van der Waals surface area contributed by atoms with E-state index in [1.807, 2.05) is 20.9 Å². The summed E-state index contributed by atoms with van der Waals surface area (Å²) >= 11 is 0. The summed E-state index contributed by atoms with van der Waals surface area (Å²) in [5.41, 5.74) is 1.88. The third-order valence-electron chi connectivity index (χ3n) is 4.28. The fourth-order valence-electron chi connectivity index (χ4n) is 2.75. The van der Waals surface area contributed by atoms with Gasteiger partial charge >= 0.3 is 5.63 Å². The molecule has 0 aliphatic rings. The summed E-state index contributed by atoms with van der Waals surface area (Å²) in [6.45, 7) is 3.81. The van der Waals surface area contributed by atoms with E-state index in [1.165, 1.54) is 13.2 Å². The van der Waals surface area contributed by atoms with E-state index in [0.29, 0.717) is 16.7 Å². The second-order valence-corrected chi connectivity index (χ2v) is 5.85. The van der Waals surface area contributed by atoms with Gasteiger partial charge in [-0.25, -0.2) is 4.79 Å². The van der Waals surface area contributed by atoms with Crippen LogP contribution < -0.4 is 15.7 Å². The van der Waals surface area contributed by atoms with Gasteiger partial charge in [-0.15, -0.1) is 0 Å². The van der Waals surface area contributed by atoms with Crippen LogP contribution in [0, 0.1) is 6.92 Å². The van der Waals surface area contributed by atoms with Crippen molar-refractivity contribution in [2.45, 2.75) is 19.9 Å². The second-order valence-electron chi connectivity index (χ2n) is 5.85. The second kappa shape index (κ2) is 6.43. The SMILES string of the molecule is COc1ccc2c(C(=O)NC(C)c3cnn(C)c3C)cc(=O)oc2c1. The van der Waals surface area contributed by atoms with Gasteiger partial charge in [0.25, 0.3) is 5.91 Å². The Kier molecular flexibility index (Phi) is 4.31. The molecular weight excluding hydrogens is 322 g/mol. The summed E-state index contributed by atoms with van der Waals surface area (Å²) < 4.78 is 12.1. The van der Waals surface area contributed by atoms with Crippen molar-refractivity contribution in [3.8, 4) is 5.75 Å². The molecule has 1 N–H and O–H groups in total. The first-order valence-corrected chi connectivity index (χ1v) is 7.82. The number of benzene rings is 1. The van der Waals surface area contributed by atoms with Gasteiger partial charge in [0, 0.05) is 35.8 Å². The number of methoxy groups -OCH3 is 1. The minimum atomic E-state index is -0.587. The summed E-state index contributed by atoms with van der Waals surface area (Å²) in [4.78, 5) is 24.5. The monoisotopic (exact) mass is 341 g/mol. The van der Waals surface area contributed by atoms with Crippen LogP contribution in [0.5, 0.6) is 5.75 Å². The van der Waals surface area contributed by atoms with Gasteiger partial charge in [0.1, 0.15) is 11.3 Å². The Morgan fingerprint density at radius 1 is 1.36 bits per heavy atom. The molecule has 130 valence electrons. The molecule has 1 atom stereocenters. The Bertz CT molecular complexity index is 1000. The summed E-state index contributed by atoms with van der Waals surface area (Å²) in [7, 11) is 3.37. The molecule has 1 unspecified atom stereocenters. The molecule has 1 amide bonds. The number of aromatic nitrogens is 2. The summed E-state index contributed by atoms with van der Waals surface area (Å²) in [5.74, 6) is 0.200. The molecule has 3 aromatic rings. The summed E-state index contributed by atoms with van der Waals surface area (Å²) in [5, 5.41) is 7.65. The van der Waals surface area contributed by atoms with Gasteiger partial charge in [-0.3, -0.25) is 9.48 Å². The maximum absolute atomic E-state index is 12.7. The number of carbonyl (C=O) groups is 1. The minimum Gasteiger partial charge on any atom is -0.497 e. The number of aryl methyl sites for hydroxylation is 1. The van der Waals surface area contributed by atoms with E-state index in [9.17, 15) is 9.59 Å². The van der Waals surface area contributed by atoms with E-state index in [2.05, 4.69) is 10.4 Å². The van der Waals surface area contributed by atoms with E-state index in [1.54, 1.807) is 29.1 Å². The number of ether oxygens (including phenoxy) is 1. The fraction of sp³-hybridized carbons (Fsp3) is 0.278. The van der Waals surface area contributed by atoms with Crippen LogP contribution in [0.15, 0.2) is 39.7 Å². The Morgan fingerprint density at radius 3 is 2.76 bits per heavy atom. The first-order chi connectivity index (χ1) is 11.9. The van der Waals surface area contributed by atoms with Crippen molar-refractivity contribution >= 4 is 16.9 Å². The van der Waals surface area contributed by atoms with Gasteiger partial charge in [0.2, 0.25) is 0 Å². The molecular formula is C18H19N3O4. The normalized spacial score (nSPS) is 12.2. The molecule has 0 bridgehead atoms. The number of fused-ring (bicyclic) bond motifs is 1. The molecule has 1 aromatic carbocycles. The molecule has 0 saturated carbocycles. The van der Waals surface area contributed by atoms with Crippen LogP contribution in [0.2, 0.25) is 0 Å². The summed E-state index contributed by atoms with van der Waals surface area (Å²) in [6, 6.07) is 5.95. The largest absolute Gasteiger partial charge is 0.497 e. The Hall–Kier alpha value is -3.09. The van der Waals surface area contributed by atoms with Crippen molar-refractivity contribution in [2.24, 2.45) is 7.05 Å². The topological polar surface area (TPSA) is 86.4 Å². The van der Waals surface area contributed by atoms with Gasteiger partial charge < -0.3 is 14.5 Å². The van der Waals surface area contributed by atoms with Gasteiger partial charge in [0.05, 0.1) is 24.9 Å². The maximum atomic E-state index is 12.7. The number of hydrogen-bond donors (Lipinski definition) is 1. The molecule has 7 heteroatoms. The number of nitrogens with one attached hydrogen (secondary N) is 1. The molecule has 0 aliphatic carbocycles. The van der Waals surface area contributed by atoms with Crippen molar-refractivity contribution in [2.75, 3.05) is 7.11 Å². The average Bonchev–Trinajstić information content (AvgIpc) is 2.92. The first-order valence-electron chi connectivity index (χ1n) is 7.82. The van der Waals surface area contributed by atoms with E-state index < -0.39 is 5.63 Å². The lowest BCUT2D eigenvalue weighted by atomic mass is 10.1. The molecule has 2 aromatic heterocycles. The van der Waals surface area contributed by atoms with Crippen LogP contribution in [-0.4, -0.2) is 22.8 Å². The molecule has 2 heterocycles. The van der Waals surface area contributed by atoms with E-state index in [-0.39, 0.29) is 17.5 Å². The van der Waals surface area contributed by atoms with Crippen LogP contribution >= 0.6 is 0 Å².